The highest BCUT2D eigenvalue weighted by Crippen LogP contribution is 2.34. The predicted octanol–water partition coefficient (Wildman–Crippen LogP) is 2.32. The summed E-state index contributed by atoms with van der Waals surface area (Å²) in [5.74, 6) is 0. The fraction of sp³-hybridized carbons (Fsp3) is 0.400. The molecular weight excluding hydrogens is 283 g/mol. The van der Waals surface area contributed by atoms with Crippen molar-refractivity contribution in [3.63, 3.8) is 0 Å². The number of rotatable bonds is 7. The van der Waals surface area contributed by atoms with Crippen molar-refractivity contribution in [1.82, 2.24) is 0 Å². The first kappa shape index (κ1) is 15.0. The molecule has 2 N–H and O–H groups in total. The Balaban J connectivity index is 2.63. The van der Waals surface area contributed by atoms with E-state index in [0.29, 0.717) is 18.8 Å². The number of hydrogen-bond donors (Lipinski definition) is 2. The molecule has 0 bridgehead atoms. The van der Waals surface area contributed by atoms with Gasteiger partial charge in [-0.15, -0.1) is 0 Å². The Labute approximate surface area is 114 Å². The zero-order valence-corrected chi connectivity index (χ0v) is 10.9. The van der Waals surface area contributed by atoms with Crippen LogP contribution >= 0.6 is 23.2 Å². The lowest BCUT2D eigenvalue weighted by Crippen LogP contribution is -2.11. The van der Waals surface area contributed by atoms with Crippen molar-refractivity contribution in [1.29, 1.82) is 0 Å². The molecule has 18 heavy (non-hydrogen) atoms. The molecule has 8 heteroatoms. The maximum absolute atomic E-state index is 10.6. The van der Waals surface area contributed by atoms with Crippen molar-refractivity contribution in [3.05, 3.63) is 32.3 Å². The molecule has 0 amide bonds. The van der Waals surface area contributed by atoms with Crippen LogP contribution in [0.15, 0.2) is 12.1 Å². The minimum atomic E-state index is -0.564. The van der Waals surface area contributed by atoms with Gasteiger partial charge in [-0.2, -0.15) is 0 Å². The van der Waals surface area contributed by atoms with Crippen molar-refractivity contribution < 1.29 is 14.8 Å². The van der Waals surface area contributed by atoms with E-state index in [1.807, 2.05) is 0 Å². The minimum absolute atomic E-state index is 0.0426. The molecular formula is C10H12Cl2N2O4. The molecule has 0 aromatic heterocycles. The second-order valence-electron chi connectivity index (χ2n) is 3.30. The summed E-state index contributed by atoms with van der Waals surface area (Å²) in [5, 5.41) is 22.3. The summed E-state index contributed by atoms with van der Waals surface area (Å²) >= 11 is 11.8. The Bertz CT molecular complexity index is 405. The van der Waals surface area contributed by atoms with Crippen LogP contribution in [0.4, 0.5) is 11.4 Å². The predicted molar refractivity (Wildman–Crippen MR) is 69.5 cm³/mol. The van der Waals surface area contributed by atoms with Gasteiger partial charge in [0.1, 0.15) is 0 Å². The van der Waals surface area contributed by atoms with Crippen LogP contribution in [0.2, 0.25) is 10.0 Å². The Hall–Kier alpha value is -1.08. The number of nitrogens with zero attached hydrogens (tertiary/aromatic N) is 1. The highest BCUT2D eigenvalue weighted by Gasteiger charge is 2.14. The van der Waals surface area contributed by atoms with Gasteiger partial charge in [0.15, 0.2) is 0 Å². The summed E-state index contributed by atoms with van der Waals surface area (Å²) < 4.78 is 5.04. The van der Waals surface area contributed by atoms with Crippen LogP contribution in [0.3, 0.4) is 0 Å². The van der Waals surface area contributed by atoms with Crippen LogP contribution in [0.1, 0.15) is 0 Å². The molecule has 100 valence electrons. The van der Waals surface area contributed by atoms with Gasteiger partial charge in [0, 0.05) is 18.7 Å². The van der Waals surface area contributed by atoms with Crippen LogP contribution in [0.25, 0.3) is 0 Å². The molecule has 0 atom stereocenters. The summed E-state index contributed by atoms with van der Waals surface area (Å²) in [7, 11) is 0. The molecule has 0 fully saturated rings. The van der Waals surface area contributed by atoms with Gasteiger partial charge >= 0.3 is 0 Å². The molecule has 0 spiro atoms. The summed E-state index contributed by atoms with van der Waals surface area (Å²) in [4.78, 5) is 10.0. The van der Waals surface area contributed by atoms with Gasteiger partial charge < -0.3 is 15.2 Å². The third-order valence-corrected chi connectivity index (χ3v) is 2.62. The number of nitro groups is 1. The van der Waals surface area contributed by atoms with Gasteiger partial charge in [0.25, 0.3) is 5.69 Å². The van der Waals surface area contributed by atoms with Crippen LogP contribution in [0.5, 0.6) is 0 Å². The number of nitrogens with one attached hydrogen (secondary N) is 1. The summed E-state index contributed by atoms with van der Waals surface area (Å²) in [6.07, 6.45) is 0. The monoisotopic (exact) mass is 294 g/mol. The highest BCUT2D eigenvalue weighted by molar-refractivity contribution is 6.39. The van der Waals surface area contributed by atoms with Crippen molar-refractivity contribution in [2.45, 2.75) is 0 Å². The lowest BCUT2D eigenvalue weighted by molar-refractivity contribution is -0.384. The lowest BCUT2D eigenvalue weighted by atomic mass is 10.3. The van der Waals surface area contributed by atoms with E-state index in [4.69, 9.17) is 33.0 Å². The molecule has 0 saturated heterocycles. The molecule has 0 aliphatic heterocycles. The third-order valence-electron chi connectivity index (χ3n) is 2.02. The summed E-state index contributed by atoms with van der Waals surface area (Å²) in [6, 6.07) is 2.45. The van der Waals surface area contributed by atoms with Crippen molar-refractivity contribution >= 4 is 34.6 Å². The lowest BCUT2D eigenvalue weighted by Gasteiger charge is -2.10. The van der Waals surface area contributed by atoms with E-state index in [1.165, 1.54) is 12.1 Å². The van der Waals surface area contributed by atoms with E-state index < -0.39 is 4.92 Å². The molecule has 1 aromatic rings. The first-order valence-electron chi connectivity index (χ1n) is 5.12. The van der Waals surface area contributed by atoms with E-state index in [0.717, 1.165) is 0 Å². The normalized spacial score (nSPS) is 10.4. The fourth-order valence-electron chi connectivity index (χ4n) is 1.25. The second-order valence-corrected chi connectivity index (χ2v) is 4.12. The number of aliphatic hydroxyl groups is 1. The number of anilines is 1. The molecule has 0 saturated carbocycles. The molecule has 0 unspecified atom stereocenters. The van der Waals surface area contributed by atoms with Crippen LogP contribution in [-0.2, 0) is 4.74 Å². The largest absolute Gasteiger partial charge is 0.394 e. The van der Waals surface area contributed by atoms with Gasteiger partial charge in [-0.3, -0.25) is 10.1 Å². The van der Waals surface area contributed by atoms with Gasteiger partial charge in [-0.05, 0) is 0 Å². The minimum Gasteiger partial charge on any atom is -0.394 e. The number of hydrogen-bond acceptors (Lipinski definition) is 5. The number of benzene rings is 1. The zero-order chi connectivity index (χ0) is 13.5. The number of halogens is 2. The molecule has 6 nitrogen and oxygen atoms in total. The zero-order valence-electron chi connectivity index (χ0n) is 9.36. The number of nitro benzene ring substituents is 1. The fourth-order valence-corrected chi connectivity index (χ4v) is 1.86. The molecule has 0 aliphatic rings. The number of non-ortho nitro benzene ring substituents is 1. The van der Waals surface area contributed by atoms with E-state index in [9.17, 15) is 10.1 Å². The van der Waals surface area contributed by atoms with E-state index in [1.54, 1.807) is 0 Å². The molecule has 0 aliphatic carbocycles. The molecule has 0 heterocycles. The van der Waals surface area contributed by atoms with Gasteiger partial charge in [0.05, 0.1) is 40.5 Å². The highest BCUT2D eigenvalue weighted by atomic mass is 35.5. The van der Waals surface area contributed by atoms with Gasteiger partial charge in [-0.25, -0.2) is 0 Å². The molecule has 1 rings (SSSR count). The Morgan fingerprint density at radius 1 is 1.33 bits per heavy atom. The van der Waals surface area contributed by atoms with Crippen LogP contribution in [0, 0.1) is 10.1 Å². The maximum atomic E-state index is 10.6. The SMILES string of the molecule is O=[N+]([O-])c1cc(Cl)c(NCCOCCO)c(Cl)c1. The standard InChI is InChI=1S/C10H12Cl2N2O4/c11-8-5-7(14(16)17)6-9(12)10(8)13-1-3-18-4-2-15/h5-6,13,15H,1-4H2. The average Bonchev–Trinajstić information content (AvgIpc) is 2.31. The van der Waals surface area contributed by atoms with E-state index in [-0.39, 0.29) is 28.9 Å². The average molecular weight is 295 g/mol. The number of ether oxygens (including phenoxy) is 1. The summed E-state index contributed by atoms with van der Waals surface area (Å²) in [6.45, 7) is 1.00. The quantitative estimate of drug-likeness (QED) is 0.458. The first-order valence-corrected chi connectivity index (χ1v) is 5.87. The van der Waals surface area contributed by atoms with Crippen molar-refractivity contribution in [2.75, 3.05) is 31.7 Å². The number of aliphatic hydroxyl groups excluding tert-OH is 1. The van der Waals surface area contributed by atoms with Gasteiger partial charge in [0.2, 0.25) is 0 Å². The van der Waals surface area contributed by atoms with Crippen molar-refractivity contribution in [3.8, 4) is 0 Å². The Morgan fingerprint density at radius 3 is 2.44 bits per heavy atom. The van der Waals surface area contributed by atoms with E-state index in [2.05, 4.69) is 5.32 Å². The summed E-state index contributed by atoms with van der Waals surface area (Å²) in [5.41, 5.74) is 0.267. The smallest absolute Gasteiger partial charge is 0.272 e. The van der Waals surface area contributed by atoms with Gasteiger partial charge in [-0.1, -0.05) is 23.2 Å². The van der Waals surface area contributed by atoms with Crippen LogP contribution < -0.4 is 5.32 Å². The Kier molecular flexibility index (Phi) is 6.14. The van der Waals surface area contributed by atoms with Crippen molar-refractivity contribution in [2.24, 2.45) is 0 Å². The second kappa shape index (κ2) is 7.38. The van der Waals surface area contributed by atoms with Crippen LogP contribution in [-0.4, -0.2) is 36.4 Å². The maximum Gasteiger partial charge on any atom is 0.272 e. The topological polar surface area (TPSA) is 84.6 Å². The third kappa shape index (κ3) is 4.30. The first-order chi connectivity index (χ1) is 8.56. The Morgan fingerprint density at radius 2 is 1.94 bits per heavy atom. The van der Waals surface area contributed by atoms with E-state index >= 15 is 0 Å². The molecule has 1 aromatic carbocycles. The molecule has 0 radical (unpaired) electrons.